The van der Waals surface area contributed by atoms with Gasteiger partial charge in [-0.2, -0.15) is 5.26 Å². The van der Waals surface area contributed by atoms with Crippen LogP contribution < -0.4 is 0 Å². The van der Waals surface area contributed by atoms with Gasteiger partial charge < -0.3 is 9.84 Å². The number of aliphatic hydroxyl groups is 1. The Balaban J connectivity index is 2.40. The summed E-state index contributed by atoms with van der Waals surface area (Å²) in [5.41, 5.74) is 0.0213. The van der Waals surface area contributed by atoms with Crippen LogP contribution in [0.2, 0.25) is 0 Å². The van der Waals surface area contributed by atoms with Crippen molar-refractivity contribution >= 4 is 0 Å². The average molecular weight is 263 g/mol. The second-order valence-corrected chi connectivity index (χ2v) is 7.33. The van der Waals surface area contributed by atoms with E-state index in [-0.39, 0.29) is 23.4 Å². The normalized spacial score (nSPS) is 37.9. The maximum atomic E-state index is 10.4. The Morgan fingerprint density at radius 1 is 1.37 bits per heavy atom. The number of nitriles is 1. The van der Waals surface area contributed by atoms with E-state index in [9.17, 15) is 10.4 Å². The van der Waals surface area contributed by atoms with Gasteiger partial charge in [-0.15, -0.1) is 0 Å². The molecule has 0 amide bonds. The molecule has 1 fully saturated rings. The van der Waals surface area contributed by atoms with Crippen molar-refractivity contribution in [1.29, 1.82) is 5.26 Å². The highest BCUT2D eigenvalue weighted by molar-refractivity contribution is 5.34. The minimum Gasteiger partial charge on any atom is -0.511 e. The first-order valence-corrected chi connectivity index (χ1v) is 7.20. The number of rotatable bonds is 1. The van der Waals surface area contributed by atoms with Gasteiger partial charge in [0.15, 0.2) is 0 Å². The lowest BCUT2D eigenvalue weighted by Crippen LogP contribution is -2.54. The van der Waals surface area contributed by atoms with Crippen molar-refractivity contribution < 1.29 is 9.84 Å². The van der Waals surface area contributed by atoms with Gasteiger partial charge in [0.1, 0.15) is 5.76 Å². The molecule has 0 aromatic carbocycles. The van der Waals surface area contributed by atoms with Crippen LogP contribution in [0.3, 0.4) is 0 Å². The van der Waals surface area contributed by atoms with Crippen molar-refractivity contribution in [2.24, 2.45) is 16.7 Å². The van der Waals surface area contributed by atoms with Gasteiger partial charge in [-0.05, 0) is 30.6 Å². The fourth-order valence-electron chi connectivity index (χ4n) is 3.82. The highest BCUT2D eigenvalue weighted by Gasteiger charge is 2.54. The van der Waals surface area contributed by atoms with E-state index < -0.39 is 5.41 Å². The molecule has 0 aromatic heterocycles. The molecule has 3 heteroatoms. The Bertz CT molecular complexity index is 444. The minimum atomic E-state index is -0.481. The molecule has 1 N–H and O–H groups in total. The van der Waals surface area contributed by atoms with Crippen LogP contribution in [0.4, 0.5) is 0 Å². The predicted molar refractivity (Wildman–Crippen MR) is 74.5 cm³/mol. The van der Waals surface area contributed by atoms with Crippen LogP contribution in [0.25, 0.3) is 0 Å². The molecule has 1 aliphatic carbocycles. The third-order valence-electron chi connectivity index (χ3n) is 4.95. The second kappa shape index (κ2) is 4.52. The molecule has 2 aliphatic rings. The third-order valence-corrected chi connectivity index (χ3v) is 4.95. The van der Waals surface area contributed by atoms with Gasteiger partial charge >= 0.3 is 0 Å². The zero-order valence-electron chi connectivity index (χ0n) is 12.7. The molecule has 0 bridgehead atoms. The molecule has 0 spiro atoms. The van der Waals surface area contributed by atoms with Crippen LogP contribution in [0.15, 0.2) is 11.3 Å². The molecule has 19 heavy (non-hydrogen) atoms. The van der Waals surface area contributed by atoms with E-state index in [1.807, 2.05) is 13.8 Å². The van der Waals surface area contributed by atoms with Crippen molar-refractivity contribution in [3.8, 4) is 6.07 Å². The fraction of sp³-hybridized carbons (Fsp3) is 0.812. The molecule has 3 atom stereocenters. The van der Waals surface area contributed by atoms with Crippen LogP contribution in [0, 0.1) is 28.1 Å². The molecule has 0 aromatic rings. The number of aliphatic hydroxyl groups excluding tert-OH is 1. The number of nitrogens with zero attached hydrogens (tertiary/aromatic N) is 1. The van der Waals surface area contributed by atoms with Gasteiger partial charge in [0.25, 0.3) is 0 Å². The molecule has 0 saturated carbocycles. The summed E-state index contributed by atoms with van der Waals surface area (Å²) in [4.78, 5) is 0. The van der Waals surface area contributed by atoms with Gasteiger partial charge in [-0.25, -0.2) is 0 Å². The van der Waals surface area contributed by atoms with Gasteiger partial charge in [0.05, 0.1) is 23.9 Å². The standard InChI is InChI=1S/C16H25NO2/c1-10(2)12-6-7-16(5)8-11(9-17)13(18)15(3,4)14(16)19-12/h10,12,14,18H,6-8H2,1-5H3/t12?,14-,16?/m0/s1. The molecule has 3 nitrogen and oxygen atoms in total. The van der Waals surface area contributed by atoms with E-state index in [1.54, 1.807) is 0 Å². The molecular weight excluding hydrogens is 238 g/mol. The van der Waals surface area contributed by atoms with Crippen LogP contribution in [-0.4, -0.2) is 17.3 Å². The van der Waals surface area contributed by atoms with E-state index in [0.29, 0.717) is 17.9 Å². The molecule has 1 saturated heterocycles. The summed E-state index contributed by atoms with van der Waals surface area (Å²) in [6, 6.07) is 2.18. The first-order chi connectivity index (χ1) is 8.72. The van der Waals surface area contributed by atoms with Gasteiger partial charge in [-0.1, -0.05) is 34.6 Å². The molecule has 1 aliphatic heterocycles. The number of ether oxygens (including phenoxy) is 1. The van der Waals surface area contributed by atoms with Crippen molar-refractivity contribution in [2.45, 2.75) is 66.1 Å². The smallest absolute Gasteiger partial charge is 0.114 e. The Morgan fingerprint density at radius 2 is 2.00 bits per heavy atom. The first-order valence-electron chi connectivity index (χ1n) is 7.20. The van der Waals surface area contributed by atoms with Crippen LogP contribution in [0.5, 0.6) is 0 Å². The SMILES string of the molecule is CC(C)C1CCC2(C)CC(C#N)=C(O)C(C)(C)[C@@H]2O1. The summed E-state index contributed by atoms with van der Waals surface area (Å²) in [7, 11) is 0. The minimum absolute atomic E-state index is 0.0155. The lowest BCUT2D eigenvalue weighted by molar-refractivity contribution is -0.186. The van der Waals surface area contributed by atoms with E-state index in [4.69, 9.17) is 4.74 Å². The Morgan fingerprint density at radius 3 is 2.53 bits per heavy atom. The van der Waals surface area contributed by atoms with Gasteiger partial charge in [0.2, 0.25) is 0 Å². The monoisotopic (exact) mass is 263 g/mol. The Hall–Kier alpha value is -1.01. The molecule has 2 unspecified atom stereocenters. The third kappa shape index (κ3) is 2.17. The number of hydrogen-bond donors (Lipinski definition) is 1. The van der Waals surface area contributed by atoms with Crippen LogP contribution in [-0.2, 0) is 4.74 Å². The number of fused-ring (bicyclic) bond motifs is 1. The predicted octanol–water partition coefficient (Wildman–Crippen LogP) is 3.96. The molecule has 0 radical (unpaired) electrons. The summed E-state index contributed by atoms with van der Waals surface area (Å²) in [6.07, 6.45) is 2.98. The summed E-state index contributed by atoms with van der Waals surface area (Å²) in [5.74, 6) is 0.714. The lowest BCUT2D eigenvalue weighted by atomic mass is 9.59. The maximum Gasteiger partial charge on any atom is 0.114 e. The van der Waals surface area contributed by atoms with Gasteiger partial charge in [0, 0.05) is 5.41 Å². The van der Waals surface area contributed by atoms with Crippen molar-refractivity contribution in [1.82, 2.24) is 0 Å². The zero-order chi connectivity index (χ0) is 14.4. The van der Waals surface area contributed by atoms with E-state index in [2.05, 4.69) is 26.8 Å². The topological polar surface area (TPSA) is 53.2 Å². The van der Waals surface area contributed by atoms with Crippen LogP contribution >= 0.6 is 0 Å². The van der Waals surface area contributed by atoms with E-state index in [0.717, 1.165) is 12.8 Å². The van der Waals surface area contributed by atoms with E-state index >= 15 is 0 Å². The lowest BCUT2D eigenvalue weighted by Gasteiger charge is -2.54. The second-order valence-electron chi connectivity index (χ2n) is 7.33. The van der Waals surface area contributed by atoms with Crippen molar-refractivity contribution in [2.75, 3.05) is 0 Å². The summed E-state index contributed by atoms with van der Waals surface area (Å²) < 4.78 is 6.33. The van der Waals surface area contributed by atoms with Crippen molar-refractivity contribution in [3.05, 3.63) is 11.3 Å². The molecule has 1 heterocycles. The highest BCUT2D eigenvalue weighted by Crippen LogP contribution is 2.55. The highest BCUT2D eigenvalue weighted by atomic mass is 16.5. The summed E-state index contributed by atoms with van der Waals surface area (Å²) in [5, 5.41) is 19.6. The Labute approximate surface area is 116 Å². The van der Waals surface area contributed by atoms with Crippen LogP contribution in [0.1, 0.15) is 53.9 Å². The molecule has 2 rings (SSSR count). The maximum absolute atomic E-state index is 10.4. The first kappa shape index (κ1) is 14.4. The number of allylic oxidation sites excluding steroid dienone is 1. The summed E-state index contributed by atoms with van der Waals surface area (Å²) >= 11 is 0. The molecular formula is C16H25NO2. The van der Waals surface area contributed by atoms with Crippen molar-refractivity contribution in [3.63, 3.8) is 0 Å². The average Bonchev–Trinajstić information content (AvgIpc) is 2.33. The van der Waals surface area contributed by atoms with Gasteiger partial charge in [-0.3, -0.25) is 0 Å². The van der Waals surface area contributed by atoms with E-state index in [1.165, 1.54) is 0 Å². The number of hydrogen-bond acceptors (Lipinski definition) is 3. The molecule has 106 valence electrons. The fourth-order valence-corrected chi connectivity index (χ4v) is 3.82. The quantitative estimate of drug-likeness (QED) is 0.779. The Kier molecular flexibility index (Phi) is 3.43. The largest absolute Gasteiger partial charge is 0.511 e. The summed E-state index contributed by atoms with van der Waals surface area (Å²) in [6.45, 7) is 10.5. The zero-order valence-corrected chi connectivity index (χ0v) is 12.7.